The molecule has 1 radical (unpaired) electrons. The first-order chi connectivity index (χ1) is 4.41. The molecular weight excluding hydrogens is 121 g/mol. The molecular formula is C4H11BNO3. The van der Waals surface area contributed by atoms with E-state index in [1.54, 1.807) is 0 Å². The molecule has 1 aliphatic rings. The van der Waals surface area contributed by atoms with Crippen molar-refractivity contribution in [2.75, 3.05) is 26.3 Å². The molecule has 53 valence electrons. The molecule has 0 aromatic heterocycles. The fraction of sp³-hybridized carbons (Fsp3) is 1.00. The summed E-state index contributed by atoms with van der Waals surface area (Å²) in [4.78, 5) is 0. The van der Waals surface area contributed by atoms with Gasteiger partial charge in [0.05, 0.1) is 13.2 Å². The van der Waals surface area contributed by atoms with Crippen molar-refractivity contribution < 1.29 is 14.8 Å². The van der Waals surface area contributed by atoms with Crippen LogP contribution in [0.1, 0.15) is 0 Å². The number of hydrogen-bond donors (Lipinski definition) is 3. The quantitative estimate of drug-likeness (QED) is 0.337. The molecule has 3 N–H and O–H groups in total. The number of ether oxygens (including phenoxy) is 1. The fourth-order valence-corrected chi connectivity index (χ4v) is 0.516. The molecule has 1 aliphatic heterocycles. The molecule has 0 unspecified atom stereocenters. The summed E-state index contributed by atoms with van der Waals surface area (Å²) in [6, 6.07) is 0. The van der Waals surface area contributed by atoms with Crippen LogP contribution in [0, 0.1) is 0 Å². The standard InChI is InChI=1S/C4H9NO.BH2O2/c1-3-6-4-2-5-1;2-1-3/h5H,1-4H2;2-3H. The summed E-state index contributed by atoms with van der Waals surface area (Å²) < 4.78 is 5.01. The third-order valence-electron chi connectivity index (χ3n) is 0.846. The Balaban J connectivity index is 0.000000187. The fourth-order valence-electron chi connectivity index (χ4n) is 0.516. The predicted molar refractivity (Wildman–Crippen MR) is 33.9 cm³/mol. The van der Waals surface area contributed by atoms with Crippen LogP contribution in [-0.2, 0) is 4.74 Å². The van der Waals surface area contributed by atoms with E-state index in [2.05, 4.69) is 5.32 Å². The molecule has 0 amide bonds. The van der Waals surface area contributed by atoms with Crippen molar-refractivity contribution in [1.82, 2.24) is 5.32 Å². The van der Waals surface area contributed by atoms with Crippen molar-refractivity contribution in [3.8, 4) is 0 Å². The van der Waals surface area contributed by atoms with Crippen LogP contribution in [0.4, 0.5) is 0 Å². The highest BCUT2D eigenvalue weighted by molar-refractivity contribution is 6.13. The zero-order chi connectivity index (χ0) is 6.95. The Morgan fingerprint density at radius 2 is 1.67 bits per heavy atom. The molecule has 0 spiro atoms. The van der Waals surface area contributed by atoms with E-state index >= 15 is 0 Å². The van der Waals surface area contributed by atoms with Gasteiger partial charge in [0.2, 0.25) is 0 Å². The lowest BCUT2D eigenvalue weighted by atomic mass is 10.5. The Hall–Kier alpha value is -0.0951. The second-order valence-electron chi connectivity index (χ2n) is 1.48. The monoisotopic (exact) mass is 132 g/mol. The zero-order valence-electron chi connectivity index (χ0n) is 5.21. The van der Waals surface area contributed by atoms with Crippen LogP contribution in [0.2, 0.25) is 0 Å². The van der Waals surface area contributed by atoms with Gasteiger partial charge in [0.25, 0.3) is 0 Å². The van der Waals surface area contributed by atoms with Crippen LogP contribution in [0.5, 0.6) is 0 Å². The van der Waals surface area contributed by atoms with Crippen LogP contribution in [0.3, 0.4) is 0 Å². The van der Waals surface area contributed by atoms with Gasteiger partial charge in [0, 0.05) is 13.1 Å². The Kier molecular flexibility index (Phi) is 7.82. The third-order valence-corrected chi connectivity index (χ3v) is 0.846. The molecule has 1 heterocycles. The van der Waals surface area contributed by atoms with Gasteiger partial charge in [-0.05, 0) is 0 Å². The zero-order valence-corrected chi connectivity index (χ0v) is 5.21. The summed E-state index contributed by atoms with van der Waals surface area (Å²) in [7, 11) is 0. The smallest absolute Gasteiger partial charge is 0.429 e. The summed E-state index contributed by atoms with van der Waals surface area (Å²) >= 11 is 0. The van der Waals surface area contributed by atoms with E-state index in [1.165, 1.54) is 0 Å². The highest BCUT2D eigenvalue weighted by Crippen LogP contribution is 1.76. The molecule has 9 heavy (non-hydrogen) atoms. The van der Waals surface area contributed by atoms with Crippen molar-refractivity contribution in [2.24, 2.45) is 0 Å². The molecule has 0 atom stereocenters. The molecule has 1 rings (SSSR count). The number of nitrogens with one attached hydrogen (secondary N) is 1. The van der Waals surface area contributed by atoms with E-state index in [1.807, 2.05) is 0 Å². The minimum atomic E-state index is 0. The SMILES string of the molecule is C1COCCN1.O[B]O. The highest BCUT2D eigenvalue weighted by Gasteiger charge is 1.92. The second kappa shape index (κ2) is 7.90. The molecule has 0 bridgehead atoms. The van der Waals surface area contributed by atoms with Crippen LogP contribution in [0.25, 0.3) is 0 Å². The minimum Gasteiger partial charge on any atom is -0.429 e. The molecule has 4 nitrogen and oxygen atoms in total. The maximum Gasteiger partial charge on any atom is 0.482 e. The molecule has 0 aliphatic carbocycles. The third kappa shape index (κ3) is 7.90. The van der Waals surface area contributed by atoms with Gasteiger partial charge in [0.15, 0.2) is 0 Å². The van der Waals surface area contributed by atoms with E-state index in [9.17, 15) is 0 Å². The van der Waals surface area contributed by atoms with E-state index in [-0.39, 0.29) is 7.69 Å². The van der Waals surface area contributed by atoms with Gasteiger partial charge in [-0.2, -0.15) is 0 Å². The van der Waals surface area contributed by atoms with E-state index in [4.69, 9.17) is 14.8 Å². The van der Waals surface area contributed by atoms with Gasteiger partial charge >= 0.3 is 7.69 Å². The molecule has 5 heteroatoms. The van der Waals surface area contributed by atoms with Gasteiger partial charge in [-0.3, -0.25) is 0 Å². The van der Waals surface area contributed by atoms with Crippen LogP contribution >= 0.6 is 0 Å². The maximum absolute atomic E-state index is 7.00. The van der Waals surface area contributed by atoms with Crippen molar-refractivity contribution in [3.63, 3.8) is 0 Å². The normalized spacial score (nSPS) is 17.6. The largest absolute Gasteiger partial charge is 0.482 e. The molecule has 1 fully saturated rings. The van der Waals surface area contributed by atoms with E-state index in [0.717, 1.165) is 26.3 Å². The first kappa shape index (κ1) is 8.90. The summed E-state index contributed by atoms with van der Waals surface area (Å²) in [5.41, 5.74) is 0. The average molecular weight is 132 g/mol. The van der Waals surface area contributed by atoms with Crippen molar-refractivity contribution in [1.29, 1.82) is 0 Å². The lowest BCUT2D eigenvalue weighted by molar-refractivity contribution is 0.109. The van der Waals surface area contributed by atoms with Gasteiger partial charge in [-0.25, -0.2) is 0 Å². The number of rotatable bonds is 0. The van der Waals surface area contributed by atoms with Crippen LogP contribution in [0.15, 0.2) is 0 Å². The molecule has 1 saturated heterocycles. The second-order valence-corrected chi connectivity index (χ2v) is 1.48. The van der Waals surface area contributed by atoms with Crippen molar-refractivity contribution >= 4 is 7.69 Å². The average Bonchev–Trinajstić information content (AvgIpc) is 1.93. The van der Waals surface area contributed by atoms with Crippen molar-refractivity contribution in [2.45, 2.75) is 0 Å². The van der Waals surface area contributed by atoms with Crippen LogP contribution < -0.4 is 5.32 Å². The Morgan fingerprint density at radius 1 is 1.22 bits per heavy atom. The van der Waals surface area contributed by atoms with Crippen molar-refractivity contribution in [3.05, 3.63) is 0 Å². The lowest BCUT2D eigenvalue weighted by Gasteiger charge is -2.10. The lowest BCUT2D eigenvalue weighted by Crippen LogP contribution is -2.30. The minimum absolute atomic E-state index is 0. The van der Waals surface area contributed by atoms with E-state index in [0.29, 0.717) is 0 Å². The van der Waals surface area contributed by atoms with Gasteiger partial charge in [-0.15, -0.1) is 0 Å². The topological polar surface area (TPSA) is 61.7 Å². The first-order valence-corrected chi connectivity index (χ1v) is 2.80. The Labute approximate surface area is 55.1 Å². The summed E-state index contributed by atoms with van der Waals surface area (Å²) in [5.74, 6) is 0. The Morgan fingerprint density at radius 3 is 1.78 bits per heavy atom. The Bertz CT molecular complexity index is 39.6. The molecule has 0 aromatic rings. The maximum atomic E-state index is 7.00. The van der Waals surface area contributed by atoms with Gasteiger partial charge in [0.1, 0.15) is 0 Å². The molecule has 0 saturated carbocycles. The predicted octanol–water partition coefficient (Wildman–Crippen LogP) is -1.89. The first-order valence-electron chi connectivity index (χ1n) is 2.80. The summed E-state index contributed by atoms with van der Waals surface area (Å²) in [5, 5.41) is 17.2. The highest BCUT2D eigenvalue weighted by atomic mass is 16.5. The van der Waals surface area contributed by atoms with Gasteiger partial charge in [-0.1, -0.05) is 0 Å². The number of hydrogen-bond acceptors (Lipinski definition) is 4. The molecule has 0 aromatic carbocycles. The van der Waals surface area contributed by atoms with E-state index < -0.39 is 0 Å². The van der Waals surface area contributed by atoms with Crippen LogP contribution in [-0.4, -0.2) is 44.0 Å². The summed E-state index contributed by atoms with van der Waals surface area (Å²) in [6.45, 7) is 3.83. The number of morpholine rings is 1. The van der Waals surface area contributed by atoms with Gasteiger partial charge < -0.3 is 20.1 Å². The summed E-state index contributed by atoms with van der Waals surface area (Å²) in [6.07, 6.45) is 0.